The molecule has 0 spiro atoms. The van der Waals surface area contributed by atoms with Crippen molar-refractivity contribution in [3.8, 4) is 5.75 Å². The van der Waals surface area contributed by atoms with E-state index < -0.39 is 0 Å². The minimum Gasteiger partial charge on any atom is -0.508 e. The van der Waals surface area contributed by atoms with Crippen molar-refractivity contribution in [1.29, 1.82) is 0 Å². The smallest absolute Gasteiger partial charge is 0.115 e. The van der Waals surface area contributed by atoms with E-state index in [2.05, 4.69) is 0 Å². The maximum Gasteiger partial charge on any atom is 0.115 e. The number of rotatable bonds is 3. The minimum atomic E-state index is -0.256. The van der Waals surface area contributed by atoms with Crippen molar-refractivity contribution < 1.29 is 14.6 Å². The van der Waals surface area contributed by atoms with E-state index in [1.54, 1.807) is 26.4 Å². The fourth-order valence-electron chi connectivity index (χ4n) is 2.69. The van der Waals surface area contributed by atoms with Gasteiger partial charge in [0.2, 0.25) is 0 Å². The van der Waals surface area contributed by atoms with E-state index in [4.69, 9.17) is 9.47 Å². The predicted molar refractivity (Wildman–Crippen MR) is 66.1 cm³/mol. The molecular weight excluding hydrogens is 216 g/mol. The molecule has 2 rings (SSSR count). The van der Waals surface area contributed by atoms with Crippen LogP contribution in [0.5, 0.6) is 5.75 Å². The monoisotopic (exact) mass is 236 g/mol. The van der Waals surface area contributed by atoms with E-state index in [9.17, 15) is 5.11 Å². The van der Waals surface area contributed by atoms with Gasteiger partial charge in [-0.2, -0.15) is 0 Å². The van der Waals surface area contributed by atoms with Gasteiger partial charge in [-0.15, -0.1) is 0 Å². The lowest BCUT2D eigenvalue weighted by Gasteiger charge is -2.39. The normalized spacial score (nSPS) is 29.2. The largest absolute Gasteiger partial charge is 0.508 e. The molecule has 0 atom stereocenters. The first kappa shape index (κ1) is 12.4. The first-order valence-corrected chi connectivity index (χ1v) is 6.07. The second-order valence-electron chi connectivity index (χ2n) is 4.68. The van der Waals surface area contributed by atoms with Crippen molar-refractivity contribution in [1.82, 2.24) is 0 Å². The predicted octanol–water partition coefficient (Wildman–Crippen LogP) is 2.82. The van der Waals surface area contributed by atoms with Crippen LogP contribution < -0.4 is 0 Å². The zero-order valence-corrected chi connectivity index (χ0v) is 10.5. The molecular formula is C14H20O3. The van der Waals surface area contributed by atoms with Crippen LogP contribution in [0.4, 0.5) is 0 Å². The van der Waals surface area contributed by atoms with Gasteiger partial charge in [0.25, 0.3) is 0 Å². The van der Waals surface area contributed by atoms with Crippen LogP contribution in [-0.4, -0.2) is 25.4 Å². The Kier molecular flexibility index (Phi) is 3.69. The summed E-state index contributed by atoms with van der Waals surface area (Å²) in [5.41, 5.74) is 0.808. The lowest BCUT2D eigenvalue weighted by Crippen LogP contribution is -2.35. The number of ether oxygens (including phenoxy) is 2. The summed E-state index contributed by atoms with van der Waals surface area (Å²) in [5, 5.41) is 9.57. The van der Waals surface area contributed by atoms with Gasteiger partial charge in [-0.3, -0.25) is 0 Å². The third-order valence-electron chi connectivity index (χ3n) is 3.84. The van der Waals surface area contributed by atoms with Crippen LogP contribution in [-0.2, 0) is 15.1 Å². The van der Waals surface area contributed by atoms with Crippen LogP contribution >= 0.6 is 0 Å². The van der Waals surface area contributed by atoms with Crippen molar-refractivity contribution in [2.75, 3.05) is 14.2 Å². The van der Waals surface area contributed by atoms with Gasteiger partial charge in [0.05, 0.1) is 11.7 Å². The highest BCUT2D eigenvalue weighted by Crippen LogP contribution is 2.41. The van der Waals surface area contributed by atoms with E-state index >= 15 is 0 Å². The van der Waals surface area contributed by atoms with Crippen molar-refractivity contribution in [3.63, 3.8) is 0 Å². The van der Waals surface area contributed by atoms with Gasteiger partial charge in [0.15, 0.2) is 0 Å². The number of methoxy groups -OCH3 is 2. The highest BCUT2D eigenvalue weighted by molar-refractivity contribution is 5.32. The topological polar surface area (TPSA) is 38.7 Å². The van der Waals surface area contributed by atoms with Crippen molar-refractivity contribution in [3.05, 3.63) is 29.8 Å². The molecule has 94 valence electrons. The van der Waals surface area contributed by atoms with Crippen molar-refractivity contribution >= 4 is 0 Å². The van der Waals surface area contributed by atoms with Crippen LogP contribution in [0.1, 0.15) is 31.2 Å². The van der Waals surface area contributed by atoms with E-state index in [1.165, 1.54) is 0 Å². The second kappa shape index (κ2) is 5.07. The van der Waals surface area contributed by atoms with Gasteiger partial charge in [0.1, 0.15) is 5.75 Å². The summed E-state index contributed by atoms with van der Waals surface area (Å²) < 4.78 is 11.1. The number of benzene rings is 1. The molecule has 0 bridgehead atoms. The molecule has 1 aliphatic carbocycles. The number of aromatic hydroxyl groups is 1. The number of phenolic OH excluding ortho intramolecular Hbond substituents is 1. The average Bonchev–Trinajstić information content (AvgIpc) is 2.39. The van der Waals surface area contributed by atoms with Crippen LogP contribution in [0.25, 0.3) is 0 Å². The van der Waals surface area contributed by atoms with Gasteiger partial charge >= 0.3 is 0 Å². The molecule has 0 unspecified atom stereocenters. The molecule has 1 N–H and O–H groups in total. The molecule has 1 aromatic rings. The molecule has 3 heteroatoms. The molecule has 1 saturated carbocycles. The third-order valence-corrected chi connectivity index (χ3v) is 3.84. The summed E-state index contributed by atoms with van der Waals surface area (Å²) >= 11 is 0. The Morgan fingerprint density at radius 1 is 1.24 bits per heavy atom. The van der Waals surface area contributed by atoms with Crippen molar-refractivity contribution in [2.45, 2.75) is 37.4 Å². The quantitative estimate of drug-likeness (QED) is 0.877. The van der Waals surface area contributed by atoms with Crippen molar-refractivity contribution in [2.24, 2.45) is 0 Å². The Morgan fingerprint density at radius 3 is 2.47 bits per heavy atom. The summed E-state index contributed by atoms with van der Waals surface area (Å²) in [6.07, 6.45) is 4.22. The average molecular weight is 236 g/mol. The van der Waals surface area contributed by atoms with E-state index in [0.717, 1.165) is 31.2 Å². The summed E-state index contributed by atoms with van der Waals surface area (Å²) in [4.78, 5) is 0. The summed E-state index contributed by atoms with van der Waals surface area (Å²) in [6.45, 7) is 0. The Bertz CT molecular complexity index is 367. The maximum atomic E-state index is 9.57. The van der Waals surface area contributed by atoms with Crippen LogP contribution in [0, 0.1) is 0 Å². The van der Waals surface area contributed by atoms with Gasteiger partial charge in [-0.1, -0.05) is 12.1 Å². The van der Waals surface area contributed by atoms with E-state index in [1.807, 2.05) is 12.1 Å². The third kappa shape index (κ3) is 2.45. The maximum absolute atomic E-state index is 9.57. The fourth-order valence-corrected chi connectivity index (χ4v) is 2.69. The standard InChI is InChI=1S/C14H20O3/c1-16-13-6-8-14(17-2,9-7-13)11-4-3-5-12(15)10-11/h3-5,10,13,15H,6-9H2,1-2H3/t13-,14+. The van der Waals surface area contributed by atoms with Gasteiger partial charge in [-0.25, -0.2) is 0 Å². The van der Waals surface area contributed by atoms with Gasteiger partial charge < -0.3 is 14.6 Å². The Balaban J connectivity index is 2.21. The lowest BCUT2D eigenvalue weighted by molar-refractivity contribution is -0.0762. The zero-order valence-electron chi connectivity index (χ0n) is 10.5. The summed E-state index contributed by atoms with van der Waals surface area (Å²) in [5.74, 6) is 0.299. The molecule has 0 amide bonds. The molecule has 1 aromatic carbocycles. The van der Waals surface area contributed by atoms with E-state index in [-0.39, 0.29) is 5.60 Å². The molecule has 0 aliphatic heterocycles. The van der Waals surface area contributed by atoms with Gasteiger partial charge in [-0.05, 0) is 43.4 Å². The minimum absolute atomic E-state index is 0.256. The molecule has 3 nitrogen and oxygen atoms in total. The molecule has 0 radical (unpaired) electrons. The number of hydrogen-bond donors (Lipinski definition) is 1. The highest BCUT2D eigenvalue weighted by Gasteiger charge is 2.37. The number of phenols is 1. The Morgan fingerprint density at radius 2 is 1.94 bits per heavy atom. The highest BCUT2D eigenvalue weighted by atomic mass is 16.5. The fraction of sp³-hybridized carbons (Fsp3) is 0.571. The molecule has 0 aromatic heterocycles. The Labute approximate surface area is 102 Å². The van der Waals surface area contributed by atoms with Crippen LogP contribution in [0.2, 0.25) is 0 Å². The molecule has 0 saturated heterocycles. The van der Waals surface area contributed by atoms with Gasteiger partial charge in [0, 0.05) is 14.2 Å². The molecule has 1 fully saturated rings. The molecule has 0 heterocycles. The van der Waals surface area contributed by atoms with Crippen LogP contribution in [0.15, 0.2) is 24.3 Å². The molecule has 17 heavy (non-hydrogen) atoms. The lowest BCUT2D eigenvalue weighted by atomic mass is 9.78. The first-order valence-electron chi connectivity index (χ1n) is 6.07. The molecule has 1 aliphatic rings. The summed E-state index contributed by atoms with van der Waals surface area (Å²) in [6, 6.07) is 7.38. The summed E-state index contributed by atoms with van der Waals surface area (Å²) in [7, 11) is 3.51. The Hall–Kier alpha value is -1.06. The zero-order chi connectivity index (χ0) is 12.3. The second-order valence-corrected chi connectivity index (χ2v) is 4.68. The first-order chi connectivity index (χ1) is 8.20. The van der Waals surface area contributed by atoms with Crippen LogP contribution in [0.3, 0.4) is 0 Å². The van der Waals surface area contributed by atoms with E-state index in [0.29, 0.717) is 11.9 Å². The SMILES string of the molecule is CO[C@H]1CC[C@](OC)(c2cccc(O)c2)CC1. The number of hydrogen-bond acceptors (Lipinski definition) is 3.